The molecule has 0 saturated carbocycles. The second-order valence-electron chi connectivity index (χ2n) is 3.72. The molecule has 10 N–H and O–H groups in total. The maximum Gasteiger partial charge on any atom is 0.125 e. The number of hydrogen-bond donors (Lipinski definition) is 4. The van der Waals surface area contributed by atoms with Crippen molar-refractivity contribution in [1.29, 1.82) is 0 Å². The minimum atomic E-state index is 0.791. The van der Waals surface area contributed by atoms with Crippen molar-refractivity contribution in [3.05, 3.63) is 0 Å². The lowest BCUT2D eigenvalue weighted by atomic mass is 9.91. The molecule has 72 valence electrons. The highest BCUT2D eigenvalue weighted by Gasteiger charge is 2.26. The first-order valence-electron chi connectivity index (χ1n) is 5.10. The first kappa shape index (κ1) is 9.92. The molecule has 0 radical (unpaired) electrons. The summed E-state index contributed by atoms with van der Waals surface area (Å²) in [5.74, 6) is 1.58. The topological polar surface area (TPSA) is 88.5 Å². The molecular weight excluding hydrogens is 152 g/mol. The predicted molar refractivity (Wildman–Crippen MR) is 45.8 cm³/mol. The summed E-state index contributed by atoms with van der Waals surface area (Å²) in [6.07, 6.45) is 0. The summed E-state index contributed by atoms with van der Waals surface area (Å²) >= 11 is 0. The molecule has 4 heteroatoms. The van der Waals surface area contributed by atoms with Crippen molar-refractivity contribution in [3.63, 3.8) is 0 Å². The molecular formula is C8H24N4+4. The van der Waals surface area contributed by atoms with Crippen LogP contribution in [0.15, 0.2) is 0 Å². The third kappa shape index (κ3) is 2.71. The van der Waals surface area contributed by atoms with E-state index in [0.29, 0.717) is 0 Å². The van der Waals surface area contributed by atoms with Crippen LogP contribution in [0.5, 0.6) is 0 Å². The quantitative estimate of drug-likeness (QED) is 0.324. The van der Waals surface area contributed by atoms with Gasteiger partial charge in [0.15, 0.2) is 0 Å². The van der Waals surface area contributed by atoms with Gasteiger partial charge in [0, 0.05) is 0 Å². The van der Waals surface area contributed by atoms with Gasteiger partial charge < -0.3 is 22.1 Å². The van der Waals surface area contributed by atoms with Crippen LogP contribution in [-0.4, -0.2) is 39.3 Å². The van der Waals surface area contributed by atoms with E-state index in [1.54, 1.807) is 0 Å². The first-order valence-corrected chi connectivity index (χ1v) is 5.10. The van der Waals surface area contributed by atoms with E-state index in [9.17, 15) is 0 Å². The molecule has 0 bridgehead atoms. The lowest BCUT2D eigenvalue weighted by Gasteiger charge is -2.21. The number of nitrogens with two attached hydrogens (primary N) is 2. The molecule has 0 aromatic heterocycles. The number of quaternary nitrogens is 4. The molecule has 12 heavy (non-hydrogen) atoms. The summed E-state index contributed by atoms with van der Waals surface area (Å²) in [6.45, 7) is 7.20. The zero-order valence-electron chi connectivity index (χ0n) is 7.97. The Morgan fingerprint density at radius 3 is 1.67 bits per heavy atom. The molecule has 1 rings (SSSR count). The van der Waals surface area contributed by atoms with E-state index in [1.165, 1.54) is 26.2 Å². The Morgan fingerprint density at radius 2 is 1.33 bits per heavy atom. The van der Waals surface area contributed by atoms with Gasteiger partial charge in [-0.15, -0.1) is 0 Å². The number of hydrogen-bond acceptors (Lipinski definition) is 0. The van der Waals surface area contributed by atoms with Crippen LogP contribution < -0.4 is 22.1 Å². The number of rotatable bonds is 2. The van der Waals surface area contributed by atoms with Crippen molar-refractivity contribution in [2.24, 2.45) is 11.8 Å². The highest BCUT2D eigenvalue weighted by molar-refractivity contribution is 4.65. The van der Waals surface area contributed by atoms with Gasteiger partial charge in [0.1, 0.15) is 13.1 Å². The molecule has 2 atom stereocenters. The average Bonchev–Trinajstić information content (AvgIpc) is 2.05. The molecule has 0 aliphatic carbocycles. The van der Waals surface area contributed by atoms with Gasteiger partial charge in [-0.1, -0.05) is 0 Å². The molecule has 1 fully saturated rings. The molecule has 4 nitrogen and oxygen atoms in total. The fourth-order valence-electron chi connectivity index (χ4n) is 1.99. The Balaban J connectivity index is 2.39. The molecule has 0 unspecified atom stereocenters. The fourth-order valence-corrected chi connectivity index (χ4v) is 1.99. The van der Waals surface area contributed by atoms with Crippen molar-refractivity contribution in [3.8, 4) is 0 Å². The fraction of sp³-hybridized carbons (Fsp3) is 1.00. The molecule has 0 spiro atoms. The Bertz CT molecular complexity index is 104. The molecule has 1 heterocycles. The summed E-state index contributed by atoms with van der Waals surface area (Å²) in [5.41, 5.74) is 8.04. The van der Waals surface area contributed by atoms with E-state index in [-0.39, 0.29) is 0 Å². The van der Waals surface area contributed by atoms with Crippen molar-refractivity contribution >= 4 is 0 Å². The second-order valence-corrected chi connectivity index (χ2v) is 3.72. The highest BCUT2D eigenvalue weighted by Crippen LogP contribution is 2.03. The van der Waals surface area contributed by atoms with Crippen LogP contribution in [0.4, 0.5) is 0 Å². The van der Waals surface area contributed by atoms with Crippen LogP contribution >= 0.6 is 0 Å². The van der Waals surface area contributed by atoms with Crippen LogP contribution in [0.3, 0.4) is 0 Å². The van der Waals surface area contributed by atoms with Gasteiger partial charge in [-0.3, -0.25) is 0 Å². The van der Waals surface area contributed by atoms with Gasteiger partial charge >= 0.3 is 0 Å². The first-order chi connectivity index (χ1) is 5.88. The summed E-state index contributed by atoms with van der Waals surface area (Å²) in [6, 6.07) is 0. The van der Waals surface area contributed by atoms with Crippen molar-refractivity contribution in [2.45, 2.75) is 0 Å². The summed E-state index contributed by atoms with van der Waals surface area (Å²) in [4.78, 5) is 0. The van der Waals surface area contributed by atoms with Crippen LogP contribution in [0.25, 0.3) is 0 Å². The van der Waals surface area contributed by atoms with Gasteiger partial charge in [0.2, 0.25) is 0 Å². The summed E-state index contributed by atoms with van der Waals surface area (Å²) in [7, 11) is 0. The third-order valence-corrected chi connectivity index (χ3v) is 2.92. The van der Waals surface area contributed by atoms with Crippen LogP contribution in [0, 0.1) is 11.8 Å². The van der Waals surface area contributed by atoms with Gasteiger partial charge in [-0.05, 0) is 0 Å². The Labute approximate surface area is 74.1 Å². The Morgan fingerprint density at radius 1 is 0.917 bits per heavy atom. The van der Waals surface area contributed by atoms with Crippen LogP contribution in [0.1, 0.15) is 0 Å². The van der Waals surface area contributed by atoms with E-state index in [2.05, 4.69) is 22.1 Å². The Kier molecular flexibility index (Phi) is 4.53. The van der Waals surface area contributed by atoms with E-state index < -0.39 is 0 Å². The maximum atomic E-state index is 4.02. The van der Waals surface area contributed by atoms with E-state index in [4.69, 9.17) is 0 Å². The maximum absolute atomic E-state index is 4.02. The van der Waals surface area contributed by atoms with Gasteiger partial charge in [-0.2, -0.15) is 0 Å². The molecule has 1 aliphatic rings. The largest absolute Gasteiger partial charge is 0.357 e. The van der Waals surface area contributed by atoms with Gasteiger partial charge in [-0.25, -0.2) is 0 Å². The minimum absolute atomic E-state index is 0.791. The van der Waals surface area contributed by atoms with Crippen molar-refractivity contribution < 1.29 is 22.1 Å². The monoisotopic (exact) mass is 176 g/mol. The summed E-state index contributed by atoms with van der Waals surface area (Å²) < 4.78 is 0. The van der Waals surface area contributed by atoms with Crippen molar-refractivity contribution in [2.75, 3.05) is 39.3 Å². The highest BCUT2D eigenvalue weighted by atomic mass is 15.0. The zero-order chi connectivity index (χ0) is 8.81. The van der Waals surface area contributed by atoms with Gasteiger partial charge in [0.05, 0.1) is 38.0 Å². The standard InChI is InChI=1S/C8H20N4/c9-3-7-5-11-1-2-12-6-8(7)4-10/h7-8,11-12H,1-6,9-10H2/p+4/t7-,8-/m0/s1. The minimum Gasteiger partial charge on any atom is -0.357 e. The summed E-state index contributed by atoms with van der Waals surface area (Å²) in [5, 5.41) is 4.85. The smallest absolute Gasteiger partial charge is 0.125 e. The molecule has 1 saturated heterocycles. The lowest BCUT2D eigenvalue weighted by molar-refractivity contribution is -0.743. The van der Waals surface area contributed by atoms with E-state index in [0.717, 1.165) is 24.9 Å². The van der Waals surface area contributed by atoms with E-state index in [1.807, 2.05) is 0 Å². The average molecular weight is 176 g/mol. The second kappa shape index (κ2) is 5.48. The third-order valence-electron chi connectivity index (χ3n) is 2.92. The normalized spacial score (nSPS) is 32.5. The zero-order valence-corrected chi connectivity index (χ0v) is 7.97. The molecule has 1 aliphatic heterocycles. The SMILES string of the molecule is [NH3+]C[C@H]1C[NH2+]CC[NH2+]C[C@@H]1C[NH3+]. The molecule has 0 aromatic carbocycles. The lowest BCUT2D eigenvalue weighted by Crippen LogP contribution is -2.99. The van der Waals surface area contributed by atoms with Crippen molar-refractivity contribution in [1.82, 2.24) is 0 Å². The van der Waals surface area contributed by atoms with Gasteiger partial charge in [0.25, 0.3) is 0 Å². The molecule has 0 amide bonds. The Hall–Kier alpha value is -0.160. The van der Waals surface area contributed by atoms with E-state index >= 15 is 0 Å². The predicted octanol–water partition coefficient (Wildman–Crippen LogP) is -5.16. The van der Waals surface area contributed by atoms with Crippen LogP contribution in [-0.2, 0) is 0 Å². The van der Waals surface area contributed by atoms with Crippen LogP contribution in [0.2, 0.25) is 0 Å². The molecule has 0 aromatic rings.